The van der Waals surface area contributed by atoms with Gasteiger partial charge in [0.1, 0.15) is 0 Å². The largest absolute Gasteiger partial charge is 0.481 e. The molecule has 0 aliphatic heterocycles. The van der Waals surface area contributed by atoms with Crippen LogP contribution in [-0.4, -0.2) is 16.1 Å². The van der Waals surface area contributed by atoms with Crippen molar-refractivity contribution < 1.29 is 9.90 Å². The number of hydrogen-bond acceptors (Lipinski definition) is 2. The van der Waals surface area contributed by atoms with Crippen LogP contribution >= 0.6 is 0 Å². The lowest BCUT2D eigenvalue weighted by Crippen LogP contribution is -2.30. The van der Waals surface area contributed by atoms with E-state index in [9.17, 15) is 9.90 Å². The van der Waals surface area contributed by atoms with E-state index >= 15 is 0 Å². The number of aryl methyl sites for hydroxylation is 1. The molecule has 0 aromatic carbocycles. The first-order chi connectivity index (χ1) is 7.48. The molecule has 3 nitrogen and oxygen atoms in total. The van der Waals surface area contributed by atoms with Crippen LogP contribution in [0.5, 0.6) is 0 Å². The number of rotatable bonds is 5. The maximum absolute atomic E-state index is 11.3. The Kier molecular flexibility index (Phi) is 4.05. The number of pyridine rings is 1. The number of carbonyl (C=O) groups is 1. The molecular formula is C13H19NO2. The third kappa shape index (κ3) is 3.05. The fourth-order valence-corrected chi connectivity index (χ4v) is 1.99. The van der Waals surface area contributed by atoms with Crippen molar-refractivity contribution in [3.63, 3.8) is 0 Å². The van der Waals surface area contributed by atoms with Gasteiger partial charge in [-0.05, 0) is 37.8 Å². The summed E-state index contributed by atoms with van der Waals surface area (Å²) in [6.45, 7) is 5.78. The zero-order chi connectivity index (χ0) is 12.2. The van der Waals surface area contributed by atoms with Crippen LogP contribution in [0.1, 0.15) is 37.8 Å². The molecule has 1 unspecified atom stereocenters. The van der Waals surface area contributed by atoms with Gasteiger partial charge in [0, 0.05) is 12.4 Å². The lowest BCUT2D eigenvalue weighted by molar-refractivity contribution is -0.148. The van der Waals surface area contributed by atoms with Crippen LogP contribution in [0.25, 0.3) is 0 Å². The molecule has 0 saturated carbocycles. The molecular weight excluding hydrogens is 202 g/mol. The Balaban J connectivity index is 2.87. The van der Waals surface area contributed by atoms with Gasteiger partial charge in [0.05, 0.1) is 5.41 Å². The number of nitrogens with zero attached hydrogens (tertiary/aromatic N) is 1. The lowest BCUT2D eigenvalue weighted by atomic mass is 9.80. The van der Waals surface area contributed by atoms with Crippen molar-refractivity contribution in [2.24, 2.45) is 5.41 Å². The third-order valence-electron chi connectivity index (χ3n) is 2.84. The number of hydrogen-bond donors (Lipinski definition) is 1. The summed E-state index contributed by atoms with van der Waals surface area (Å²) in [4.78, 5) is 15.4. The molecule has 0 aliphatic carbocycles. The molecule has 1 rings (SSSR count). The Labute approximate surface area is 96.5 Å². The van der Waals surface area contributed by atoms with Gasteiger partial charge in [-0.2, -0.15) is 0 Å². The minimum Gasteiger partial charge on any atom is -0.481 e. The molecule has 1 aromatic heterocycles. The van der Waals surface area contributed by atoms with E-state index in [2.05, 4.69) is 4.98 Å². The van der Waals surface area contributed by atoms with Crippen molar-refractivity contribution in [3.05, 3.63) is 29.6 Å². The predicted octanol–water partition coefficient (Wildman–Crippen LogP) is 2.82. The van der Waals surface area contributed by atoms with Crippen LogP contribution in [-0.2, 0) is 11.2 Å². The van der Waals surface area contributed by atoms with Gasteiger partial charge in [0.2, 0.25) is 0 Å². The normalized spacial score (nSPS) is 14.4. The summed E-state index contributed by atoms with van der Waals surface area (Å²) in [7, 11) is 0. The highest BCUT2D eigenvalue weighted by Crippen LogP contribution is 2.28. The van der Waals surface area contributed by atoms with Crippen LogP contribution in [0.4, 0.5) is 0 Å². The smallest absolute Gasteiger partial charge is 0.309 e. The third-order valence-corrected chi connectivity index (χ3v) is 2.84. The molecule has 3 heteroatoms. The van der Waals surface area contributed by atoms with Crippen molar-refractivity contribution >= 4 is 5.97 Å². The lowest BCUT2D eigenvalue weighted by Gasteiger charge is -2.24. The first-order valence-corrected chi connectivity index (χ1v) is 5.62. The zero-order valence-electron chi connectivity index (χ0n) is 10.2. The molecule has 1 aromatic rings. The molecule has 0 aliphatic rings. The first-order valence-electron chi connectivity index (χ1n) is 5.62. The summed E-state index contributed by atoms with van der Waals surface area (Å²) in [6.07, 6.45) is 5.65. The van der Waals surface area contributed by atoms with E-state index < -0.39 is 11.4 Å². The van der Waals surface area contributed by atoms with Gasteiger partial charge < -0.3 is 5.11 Å². The van der Waals surface area contributed by atoms with Crippen molar-refractivity contribution in [1.29, 1.82) is 0 Å². The highest BCUT2D eigenvalue weighted by molar-refractivity contribution is 5.74. The first kappa shape index (κ1) is 12.7. The van der Waals surface area contributed by atoms with Crippen molar-refractivity contribution in [3.8, 4) is 0 Å². The second kappa shape index (κ2) is 5.10. The van der Waals surface area contributed by atoms with E-state index in [1.165, 1.54) is 0 Å². The quantitative estimate of drug-likeness (QED) is 0.831. The summed E-state index contributed by atoms with van der Waals surface area (Å²) in [5.41, 5.74) is 1.39. The summed E-state index contributed by atoms with van der Waals surface area (Å²) >= 11 is 0. The second-order valence-corrected chi connectivity index (χ2v) is 4.66. The monoisotopic (exact) mass is 221 g/mol. The van der Waals surface area contributed by atoms with E-state index in [0.29, 0.717) is 12.8 Å². The van der Waals surface area contributed by atoms with Gasteiger partial charge in [-0.1, -0.05) is 19.4 Å². The second-order valence-electron chi connectivity index (χ2n) is 4.66. The Bertz CT molecular complexity index is 376. The molecule has 0 spiro atoms. The summed E-state index contributed by atoms with van der Waals surface area (Å²) in [5.74, 6) is -0.726. The summed E-state index contributed by atoms with van der Waals surface area (Å²) in [6, 6.07) is 2.00. The average Bonchev–Trinajstić information content (AvgIpc) is 2.17. The van der Waals surface area contributed by atoms with E-state index in [1.807, 2.05) is 19.9 Å². The Hall–Kier alpha value is -1.38. The molecule has 0 fully saturated rings. The minimum absolute atomic E-state index is 0.546. The number of aliphatic carboxylic acids is 1. The van der Waals surface area contributed by atoms with Gasteiger partial charge in [-0.3, -0.25) is 9.78 Å². The summed E-state index contributed by atoms with van der Waals surface area (Å²) in [5, 5.41) is 9.27. The van der Waals surface area contributed by atoms with Crippen LogP contribution in [0.15, 0.2) is 18.5 Å². The SMILES string of the molecule is CCCC(C)(Cc1cncc(C)c1)C(=O)O. The Morgan fingerprint density at radius 2 is 2.19 bits per heavy atom. The fourth-order valence-electron chi connectivity index (χ4n) is 1.99. The van der Waals surface area contributed by atoms with Crippen molar-refractivity contribution in [2.45, 2.75) is 40.0 Å². The highest BCUT2D eigenvalue weighted by atomic mass is 16.4. The average molecular weight is 221 g/mol. The standard InChI is InChI=1S/C13H19NO2/c1-4-5-13(3,12(15)16)7-11-6-10(2)8-14-9-11/h6,8-9H,4-5,7H2,1-3H3,(H,15,16). The van der Waals surface area contributed by atoms with Gasteiger partial charge in [-0.15, -0.1) is 0 Å². The van der Waals surface area contributed by atoms with E-state index in [1.54, 1.807) is 19.3 Å². The molecule has 0 amide bonds. The van der Waals surface area contributed by atoms with E-state index in [-0.39, 0.29) is 0 Å². The van der Waals surface area contributed by atoms with Crippen LogP contribution < -0.4 is 0 Å². The predicted molar refractivity (Wildman–Crippen MR) is 63.3 cm³/mol. The van der Waals surface area contributed by atoms with Crippen molar-refractivity contribution in [2.75, 3.05) is 0 Å². The molecule has 1 atom stereocenters. The molecule has 0 radical (unpaired) electrons. The maximum atomic E-state index is 11.3. The molecule has 16 heavy (non-hydrogen) atoms. The van der Waals surface area contributed by atoms with Crippen molar-refractivity contribution in [1.82, 2.24) is 4.98 Å². The highest BCUT2D eigenvalue weighted by Gasteiger charge is 2.32. The van der Waals surface area contributed by atoms with Crippen LogP contribution in [0.2, 0.25) is 0 Å². The maximum Gasteiger partial charge on any atom is 0.309 e. The molecule has 0 bridgehead atoms. The van der Waals surface area contributed by atoms with Gasteiger partial charge in [0.25, 0.3) is 0 Å². The Morgan fingerprint density at radius 1 is 1.50 bits per heavy atom. The molecule has 1 heterocycles. The van der Waals surface area contributed by atoms with E-state index in [4.69, 9.17) is 0 Å². The van der Waals surface area contributed by atoms with Gasteiger partial charge >= 0.3 is 5.97 Å². The molecule has 0 saturated heterocycles. The Morgan fingerprint density at radius 3 is 2.69 bits per heavy atom. The number of carboxylic acid groups (broad SMARTS) is 1. The number of carboxylic acids is 1. The summed E-state index contributed by atoms with van der Waals surface area (Å²) < 4.78 is 0. The van der Waals surface area contributed by atoms with Gasteiger partial charge in [-0.25, -0.2) is 0 Å². The topological polar surface area (TPSA) is 50.2 Å². The molecule has 1 N–H and O–H groups in total. The van der Waals surface area contributed by atoms with E-state index in [0.717, 1.165) is 17.5 Å². The molecule has 88 valence electrons. The number of aromatic nitrogens is 1. The fraction of sp³-hybridized carbons (Fsp3) is 0.538. The van der Waals surface area contributed by atoms with Gasteiger partial charge in [0.15, 0.2) is 0 Å². The zero-order valence-corrected chi connectivity index (χ0v) is 10.2. The van der Waals surface area contributed by atoms with Crippen LogP contribution in [0.3, 0.4) is 0 Å². The minimum atomic E-state index is -0.726. The van der Waals surface area contributed by atoms with Crippen LogP contribution in [0, 0.1) is 12.3 Å².